The van der Waals surface area contributed by atoms with Crippen LogP contribution in [0.1, 0.15) is 5.56 Å². The molecule has 1 aromatic rings. The highest BCUT2D eigenvalue weighted by atomic mass is 16.5. The number of anilines is 1. The van der Waals surface area contributed by atoms with Crippen LogP contribution in [0.15, 0.2) is 18.2 Å². The Morgan fingerprint density at radius 1 is 1.60 bits per heavy atom. The van der Waals surface area contributed by atoms with Crippen LogP contribution in [0.3, 0.4) is 0 Å². The Hall–Kier alpha value is -1.71. The third kappa shape index (κ3) is 1.75. The molecule has 1 aromatic carbocycles. The van der Waals surface area contributed by atoms with Crippen LogP contribution in [0, 0.1) is 5.92 Å². The lowest BCUT2D eigenvalue weighted by Crippen LogP contribution is -2.29. The predicted octanol–water partition coefficient (Wildman–Crippen LogP) is 1.36. The van der Waals surface area contributed by atoms with Crippen molar-refractivity contribution in [3.05, 3.63) is 23.8 Å². The van der Waals surface area contributed by atoms with Gasteiger partial charge in [-0.2, -0.15) is 0 Å². The van der Waals surface area contributed by atoms with E-state index in [4.69, 9.17) is 9.84 Å². The van der Waals surface area contributed by atoms with Gasteiger partial charge in [0, 0.05) is 6.54 Å². The van der Waals surface area contributed by atoms with E-state index in [1.54, 1.807) is 7.11 Å². The van der Waals surface area contributed by atoms with Crippen LogP contribution < -0.4 is 10.1 Å². The van der Waals surface area contributed by atoms with E-state index in [2.05, 4.69) is 5.32 Å². The number of aliphatic carboxylic acids is 1. The number of ether oxygens (including phenoxy) is 1. The molecule has 1 aliphatic rings. The van der Waals surface area contributed by atoms with Gasteiger partial charge in [0.05, 0.1) is 18.7 Å². The quantitative estimate of drug-likeness (QED) is 0.768. The molecule has 4 nitrogen and oxygen atoms in total. The maximum atomic E-state index is 10.8. The molecule has 80 valence electrons. The number of nitrogens with one attached hydrogen (secondary N) is 1. The number of carbonyl (C=O) groups is 1. The van der Waals surface area contributed by atoms with Crippen molar-refractivity contribution < 1.29 is 14.6 Å². The van der Waals surface area contributed by atoms with Crippen molar-refractivity contribution in [2.75, 3.05) is 19.0 Å². The topological polar surface area (TPSA) is 58.6 Å². The number of methoxy groups -OCH3 is 1. The van der Waals surface area contributed by atoms with Crippen LogP contribution in [-0.2, 0) is 11.2 Å². The number of hydrogen-bond acceptors (Lipinski definition) is 3. The first-order valence-corrected chi connectivity index (χ1v) is 4.85. The smallest absolute Gasteiger partial charge is 0.308 e. The Morgan fingerprint density at radius 3 is 3.07 bits per heavy atom. The van der Waals surface area contributed by atoms with E-state index in [1.165, 1.54) is 0 Å². The second kappa shape index (κ2) is 3.81. The van der Waals surface area contributed by atoms with Crippen LogP contribution in [0.2, 0.25) is 0 Å². The van der Waals surface area contributed by atoms with E-state index in [-0.39, 0.29) is 5.92 Å². The molecule has 0 aromatic heterocycles. The molecule has 0 saturated carbocycles. The third-order valence-electron chi connectivity index (χ3n) is 2.67. The van der Waals surface area contributed by atoms with Crippen LogP contribution in [0.5, 0.6) is 5.75 Å². The number of carboxylic acids is 1. The monoisotopic (exact) mass is 207 g/mol. The molecule has 2 N–H and O–H groups in total. The molecule has 4 heteroatoms. The van der Waals surface area contributed by atoms with Crippen LogP contribution in [0.4, 0.5) is 5.69 Å². The van der Waals surface area contributed by atoms with E-state index in [0.29, 0.717) is 13.0 Å². The maximum absolute atomic E-state index is 10.8. The van der Waals surface area contributed by atoms with E-state index < -0.39 is 5.97 Å². The maximum Gasteiger partial charge on any atom is 0.308 e. The van der Waals surface area contributed by atoms with Gasteiger partial charge in [0.2, 0.25) is 0 Å². The fraction of sp³-hybridized carbons (Fsp3) is 0.364. The van der Waals surface area contributed by atoms with Crippen molar-refractivity contribution >= 4 is 11.7 Å². The molecule has 0 unspecified atom stereocenters. The molecule has 0 bridgehead atoms. The largest absolute Gasteiger partial charge is 0.495 e. The lowest BCUT2D eigenvalue weighted by molar-refractivity contribution is -0.141. The molecule has 1 heterocycles. The normalized spacial score (nSPS) is 18.9. The molecule has 0 spiro atoms. The van der Waals surface area contributed by atoms with Gasteiger partial charge in [-0.15, -0.1) is 0 Å². The minimum Gasteiger partial charge on any atom is -0.495 e. The zero-order valence-corrected chi connectivity index (χ0v) is 8.49. The molecule has 0 fully saturated rings. The lowest BCUT2D eigenvalue weighted by Gasteiger charge is -2.24. The highest BCUT2D eigenvalue weighted by Crippen LogP contribution is 2.33. The van der Waals surface area contributed by atoms with E-state index in [9.17, 15) is 4.79 Å². The fourth-order valence-electron chi connectivity index (χ4n) is 1.85. The number of benzene rings is 1. The average molecular weight is 207 g/mol. The molecule has 15 heavy (non-hydrogen) atoms. The number of carboxylic acid groups (broad SMARTS) is 1. The molecule has 0 saturated heterocycles. The van der Waals surface area contributed by atoms with Crippen LogP contribution in [-0.4, -0.2) is 24.7 Å². The van der Waals surface area contributed by atoms with E-state index in [1.807, 2.05) is 18.2 Å². The van der Waals surface area contributed by atoms with Crippen molar-refractivity contribution in [3.8, 4) is 5.75 Å². The van der Waals surface area contributed by atoms with Crippen molar-refractivity contribution in [2.45, 2.75) is 6.42 Å². The Balaban J connectivity index is 2.31. The number of hydrogen-bond donors (Lipinski definition) is 2. The second-order valence-electron chi connectivity index (χ2n) is 3.61. The molecular weight excluding hydrogens is 194 g/mol. The SMILES string of the molecule is COc1cccc2c1NC[C@H](C(=O)O)C2. The Kier molecular flexibility index (Phi) is 2.49. The van der Waals surface area contributed by atoms with Crippen molar-refractivity contribution in [2.24, 2.45) is 5.92 Å². The van der Waals surface area contributed by atoms with Gasteiger partial charge in [-0.05, 0) is 18.1 Å². The molecule has 0 radical (unpaired) electrons. The highest BCUT2D eigenvalue weighted by molar-refractivity contribution is 5.74. The summed E-state index contributed by atoms with van der Waals surface area (Å²) in [4.78, 5) is 10.8. The van der Waals surface area contributed by atoms with Gasteiger partial charge in [-0.25, -0.2) is 0 Å². The highest BCUT2D eigenvalue weighted by Gasteiger charge is 2.25. The summed E-state index contributed by atoms with van der Waals surface area (Å²) in [7, 11) is 1.61. The van der Waals surface area contributed by atoms with Gasteiger partial charge in [0.1, 0.15) is 5.75 Å². The van der Waals surface area contributed by atoms with Crippen LogP contribution >= 0.6 is 0 Å². The number of rotatable bonds is 2. The minimum absolute atomic E-state index is 0.343. The van der Waals surface area contributed by atoms with Crippen molar-refractivity contribution in [3.63, 3.8) is 0 Å². The first-order valence-electron chi connectivity index (χ1n) is 4.85. The summed E-state index contributed by atoms with van der Waals surface area (Å²) in [5.41, 5.74) is 1.94. The Morgan fingerprint density at radius 2 is 2.40 bits per heavy atom. The molecule has 0 amide bonds. The summed E-state index contributed by atoms with van der Waals surface area (Å²) < 4.78 is 5.20. The summed E-state index contributed by atoms with van der Waals surface area (Å²) in [5.74, 6) is -0.322. The van der Waals surface area contributed by atoms with Gasteiger partial charge in [-0.3, -0.25) is 4.79 Å². The van der Waals surface area contributed by atoms with Crippen molar-refractivity contribution in [1.29, 1.82) is 0 Å². The van der Waals surface area contributed by atoms with Gasteiger partial charge in [0.15, 0.2) is 0 Å². The predicted molar refractivity (Wildman–Crippen MR) is 56.3 cm³/mol. The molecule has 1 atom stereocenters. The Labute approximate surface area is 87.9 Å². The number of fused-ring (bicyclic) bond motifs is 1. The molecular formula is C11H13NO3. The summed E-state index contributed by atoms with van der Waals surface area (Å²) in [6, 6.07) is 5.68. The molecule has 0 aliphatic carbocycles. The summed E-state index contributed by atoms with van der Waals surface area (Å²) in [6.07, 6.45) is 0.564. The lowest BCUT2D eigenvalue weighted by atomic mass is 9.94. The first-order chi connectivity index (χ1) is 7.22. The average Bonchev–Trinajstić information content (AvgIpc) is 2.27. The first kappa shape index (κ1) is 9.83. The van der Waals surface area contributed by atoms with E-state index in [0.717, 1.165) is 17.0 Å². The number of para-hydroxylation sites is 1. The standard InChI is InChI=1S/C11H13NO3/c1-15-9-4-2-3-7-5-8(11(13)14)6-12-10(7)9/h2-4,8,12H,5-6H2,1H3,(H,13,14)/t8-/m1/s1. The van der Waals surface area contributed by atoms with Gasteiger partial charge >= 0.3 is 5.97 Å². The Bertz CT molecular complexity index is 389. The fourth-order valence-corrected chi connectivity index (χ4v) is 1.85. The molecule has 1 aliphatic heterocycles. The minimum atomic E-state index is -0.754. The third-order valence-corrected chi connectivity index (χ3v) is 2.67. The summed E-state index contributed by atoms with van der Waals surface area (Å²) in [5, 5.41) is 12.0. The molecule has 2 rings (SSSR count). The zero-order valence-electron chi connectivity index (χ0n) is 8.49. The van der Waals surface area contributed by atoms with Gasteiger partial charge < -0.3 is 15.2 Å². The van der Waals surface area contributed by atoms with Crippen molar-refractivity contribution in [1.82, 2.24) is 0 Å². The van der Waals surface area contributed by atoms with Gasteiger partial charge in [-0.1, -0.05) is 12.1 Å². The van der Waals surface area contributed by atoms with E-state index >= 15 is 0 Å². The second-order valence-corrected chi connectivity index (χ2v) is 3.61. The van der Waals surface area contributed by atoms with Gasteiger partial charge in [0.25, 0.3) is 0 Å². The summed E-state index contributed by atoms with van der Waals surface area (Å²) in [6.45, 7) is 0.461. The zero-order chi connectivity index (χ0) is 10.8. The van der Waals surface area contributed by atoms with Crippen LogP contribution in [0.25, 0.3) is 0 Å². The summed E-state index contributed by atoms with van der Waals surface area (Å²) >= 11 is 0.